The van der Waals surface area contributed by atoms with Gasteiger partial charge in [-0.2, -0.15) is 0 Å². The van der Waals surface area contributed by atoms with Crippen LogP contribution in [0.15, 0.2) is 11.7 Å². The molecule has 0 bridgehead atoms. The van der Waals surface area contributed by atoms with Crippen LogP contribution in [0, 0.1) is 12.8 Å². The Bertz CT molecular complexity index is 701. The lowest BCUT2D eigenvalue weighted by Gasteiger charge is -2.33. The Morgan fingerprint density at radius 1 is 1.27 bits per heavy atom. The largest absolute Gasteiger partial charge is 0.355 e. The van der Waals surface area contributed by atoms with Gasteiger partial charge in [0.05, 0.1) is 10.2 Å². The number of carbonyl (C=O) groups excluding carboxylic acids is 1. The predicted octanol–water partition coefficient (Wildman–Crippen LogP) is 2.49. The molecule has 2 aromatic rings. The summed E-state index contributed by atoms with van der Waals surface area (Å²) in [5.74, 6) is 1.61. The first-order valence-corrected chi connectivity index (χ1v) is 8.84. The lowest BCUT2D eigenvalue weighted by atomic mass is 10.0. The van der Waals surface area contributed by atoms with Crippen LogP contribution in [0.1, 0.15) is 31.2 Å². The van der Waals surface area contributed by atoms with Gasteiger partial charge in [-0.25, -0.2) is 9.97 Å². The summed E-state index contributed by atoms with van der Waals surface area (Å²) in [4.78, 5) is 23.1. The standard InChI is InChI=1S/C16H20N4OS/c1-10-8-22-14-13(10)17-9-18-15(14)20-6-4-12(5-7-20)19-16(21)11-2-3-11/h8-9,11-12H,2-7H2,1H3,(H,19,21). The van der Waals surface area contributed by atoms with Crippen molar-refractivity contribution in [3.63, 3.8) is 0 Å². The molecule has 0 unspecified atom stereocenters. The summed E-state index contributed by atoms with van der Waals surface area (Å²) in [6, 6.07) is 0.326. The number of aromatic nitrogens is 2. The number of amides is 1. The number of rotatable bonds is 3. The van der Waals surface area contributed by atoms with Crippen molar-refractivity contribution in [1.29, 1.82) is 0 Å². The van der Waals surface area contributed by atoms with Gasteiger partial charge in [0.15, 0.2) is 0 Å². The molecule has 1 saturated carbocycles. The molecule has 1 N–H and O–H groups in total. The summed E-state index contributed by atoms with van der Waals surface area (Å²) >= 11 is 1.72. The predicted molar refractivity (Wildman–Crippen MR) is 88.3 cm³/mol. The van der Waals surface area contributed by atoms with Crippen LogP contribution in [-0.2, 0) is 4.79 Å². The molecular weight excluding hydrogens is 296 g/mol. The van der Waals surface area contributed by atoms with Crippen LogP contribution < -0.4 is 10.2 Å². The molecule has 4 rings (SSSR count). The number of anilines is 1. The first-order valence-electron chi connectivity index (χ1n) is 7.96. The average Bonchev–Trinajstić information content (AvgIpc) is 3.32. The minimum atomic E-state index is 0.261. The quantitative estimate of drug-likeness (QED) is 0.945. The molecule has 0 aromatic carbocycles. The lowest BCUT2D eigenvalue weighted by molar-refractivity contribution is -0.123. The van der Waals surface area contributed by atoms with E-state index in [4.69, 9.17) is 0 Å². The maximum atomic E-state index is 11.9. The van der Waals surface area contributed by atoms with Crippen LogP contribution in [-0.4, -0.2) is 35.0 Å². The van der Waals surface area contributed by atoms with E-state index in [2.05, 4.69) is 32.5 Å². The summed E-state index contributed by atoms with van der Waals surface area (Å²) in [5.41, 5.74) is 2.29. The Balaban J connectivity index is 1.45. The van der Waals surface area contributed by atoms with Crippen LogP contribution in [0.25, 0.3) is 10.2 Å². The van der Waals surface area contributed by atoms with Gasteiger partial charge < -0.3 is 10.2 Å². The van der Waals surface area contributed by atoms with Crippen LogP contribution in [0.5, 0.6) is 0 Å². The van der Waals surface area contributed by atoms with E-state index in [0.717, 1.165) is 50.1 Å². The molecule has 0 spiro atoms. The van der Waals surface area contributed by atoms with E-state index in [9.17, 15) is 4.79 Å². The molecule has 2 fully saturated rings. The number of hydrogen-bond acceptors (Lipinski definition) is 5. The van der Waals surface area contributed by atoms with E-state index in [1.54, 1.807) is 17.7 Å². The topological polar surface area (TPSA) is 58.1 Å². The second kappa shape index (κ2) is 5.50. The first-order chi connectivity index (χ1) is 10.7. The molecule has 22 heavy (non-hydrogen) atoms. The molecule has 3 heterocycles. The van der Waals surface area contributed by atoms with Crippen molar-refractivity contribution in [2.24, 2.45) is 5.92 Å². The lowest BCUT2D eigenvalue weighted by Crippen LogP contribution is -2.45. The van der Waals surface area contributed by atoms with E-state index in [1.807, 2.05) is 0 Å². The number of thiophene rings is 1. The van der Waals surface area contributed by atoms with Crippen LogP contribution >= 0.6 is 11.3 Å². The SMILES string of the molecule is Cc1csc2c(N3CCC(NC(=O)C4CC4)CC3)ncnc12. The van der Waals surface area contributed by atoms with Crippen molar-refractivity contribution in [1.82, 2.24) is 15.3 Å². The third-order valence-electron chi connectivity index (χ3n) is 4.60. The van der Waals surface area contributed by atoms with E-state index in [1.165, 1.54) is 10.3 Å². The van der Waals surface area contributed by atoms with E-state index >= 15 is 0 Å². The van der Waals surface area contributed by atoms with Crippen LogP contribution in [0.2, 0.25) is 0 Å². The van der Waals surface area contributed by atoms with Crippen molar-refractivity contribution in [2.75, 3.05) is 18.0 Å². The number of fused-ring (bicyclic) bond motifs is 1. The average molecular weight is 316 g/mol. The fourth-order valence-electron chi connectivity index (χ4n) is 3.08. The zero-order valence-electron chi connectivity index (χ0n) is 12.7. The second-order valence-electron chi connectivity index (χ2n) is 6.34. The molecule has 1 aliphatic heterocycles. The summed E-state index contributed by atoms with van der Waals surface area (Å²) < 4.78 is 1.18. The van der Waals surface area contributed by atoms with Crippen molar-refractivity contribution < 1.29 is 4.79 Å². The highest BCUT2D eigenvalue weighted by Gasteiger charge is 2.32. The van der Waals surface area contributed by atoms with E-state index < -0.39 is 0 Å². The number of nitrogens with one attached hydrogen (secondary N) is 1. The summed E-state index contributed by atoms with van der Waals surface area (Å²) in [7, 11) is 0. The van der Waals surface area contributed by atoms with Crippen LogP contribution in [0.4, 0.5) is 5.82 Å². The summed E-state index contributed by atoms with van der Waals surface area (Å²) in [6.45, 7) is 3.98. The third-order valence-corrected chi connectivity index (χ3v) is 5.68. The molecule has 116 valence electrons. The van der Waals surface area contributed by atoms with Crippen LogP contribution in [0.3, 0.4) is 0 Å². The number of piperidine rings is 1. The molecule has 6 heteroatoms. The second-order valence-corrected chi connectivity index (χ2v) is 7.22. The molecule has 0 atom stereocenters. The van der Waals surface area contributed by atoms with Crippen molar-refractivity contribution >= 4 is 33.3 Å². The molecule has 1 saturated heterocycles. The maximum absolute atomic E-state index is 11.9. The van der Waals surface area contributed by atoms with Crippen molar-refractivity contribution in [3.8, 4) is 0 Å². The first kappa shape index (κ1) is 13.9. The highest BCUT2D eigenvalue weighted by atomic mass is 32.1. The van der Waals surface area contributed by atoms with Gasteiger partial charge in [-0.05, 0) is 43.6 Å². The molecule has 0 radical (unpaired) electrons. The summed E-state index contributed by atoms with van der Waals surface area (Å²) in [5, 5.41) is 5.34. The molecule has 1 amide bonds. The zero-order chi connectivity index (χ0) is 15.1. The number of hydrogen-bond donors (Lipinski definition) is 1. The van der Waals surface area contributed by atoms with Crippen molar-refractivity contribution in [2.45, 2.75) is 38.6 Å². The normalized spacial score (nSPS) is 19.6. The third kappa shape index (κ3) is 2.56. The highest BCUT2D eigenvalue weighted by Crippen LogP contribution is 2.32. The molecule has 5 nitrogen and oxygen atoms in total. The number of carbonyl (C=O) groups is 1. The molecule has 2 aliphatic rings. The fraction of sp³-hybridized carbons (Fsp3) is 0.562. The molecular formula is C16H20N4OS. The van der Waals surface area contributed by atoms with Gasteiger partial charge in [0.2, 0.25) is 5.91 Å². The Morgan fingerprint density at radius 3 is 2.77 bits per heavy atom. The van der Waals surface area contributed by atoms with Gasteiger partial charge >= 0.3 is 0 Å². The van der Waals surface area contributed by atoms with Gasteiger partial charge in [-0.15, -0.1) is 11.3 Å². The fourth-order valence-corrected chi connectivity index (χ4v) is 4.10. The van der Waals surface area contributed by atoms with Gasteiger partial charge in [-0.1, -0.05) is 0 Å². The number of aryl methyl sites for hydroxylation is 1. The number of nitrogens with zero attached hydrogens (tertiary/aromatic N) is 3. The molecule has 2 aromatic heterocycles. The van der Waals surface area contributed by atoms with Gasteiger partial charge in [0.25, 0.3) is 0 Å². The van der Waals surface area contributed by atoms with Gasteiger partial charge in [-0.3, -0.25) is 4.79 Å². The summed E-state index contributed by atoms with van der Waals surface area (Å²) in [6.07, 6.45) is 5.80. The Kier molecular flexibility index (Phi) is 3.48. The molecule has 1 aliphatic carbocycles. The van der Waals surface area contributed by atoms with Gasteiger partial charge in [0, 0.05) is 25.0 Å². The maximum Gasteiger partial charge on any atom is 0.223 e. The Morgan fingerprint density at radius 2 is 2.05 bits per heavy atom. The zero-order valence-corrected chi connectivity index (χ0v) is 13.5. The minimum Gasteiger partial charge on any atom is -0.355 e. The van der Waals surface area contributed by atoms with E-state index in [0.29, 0.717) is 12.0 Å². The smallest absolute Gasteiger partial charge is 0.223 e. The van der Waals surface area contributed by atoms with Crippen molar-refractivity contribution in [3.05, 3.63) is 17.3 Å². The van der Waals surface area contributed by atoms with E-state index in [-0.39, 0.29) is 5.91 Å². The Hall–Kier alpha value is -1.69. The monoisotopic (exact) mass is 316 g/mol. The Labute approximate surface area is 133 Å². The minimum absolute atomic E-state index is 0.261. The highest BCUT2D eigenvalue weighted by molar-refractivity contribution is 7.18. The van der Waals surface area contributed by atoms with Gasteiger partial charge in [0.1, 0.15) is 12.1 Å².